The van der Waals surface area contributed by atoms with Crippen molar-refractivity contribution < 1.29 is 32.0 Å². The summed E-state index contributed by atoms with van der Waals surface area (Å²) in [6.45, 7) is 1.89. The van der Waals surface area contributed by atoms with Crippen LogP contribution in [0, 0.1) is 23.0 Å². The number of hydrogen-bond acceptors (Lipinski definition) is 9. The van der Waals surface area contributed by atoms with Gasteiger partial charge in [-0.3, -0.25) is 24.5 Å². The smallest absolute Gasteiger partial charge is 0.339 e. The predicted octanol–water partition coefficient (Wildman–Crippen LogP) is 4.72. The number of fused-ring (bicyclic) bond motifs is 1. The monoisotopic (exact) mass is 585 g/mol. The highest BCUT2D eigenvalue weighted by molar-refractivity contribution is 7.87. The van der Waals surface area contributed by atoms with Gasteiger partial charge in [0.05, 0.1) is 22.3 Å². The Morgan fingerprint density at radius 3 is 2.19 bits per heavy atom. The maximum atomic E-state index is 13.8. The van der Waals surface area contributed by atoms with E-state index in [9.17, 15) is 28.1 Å². The van der Waals surface area contributed by atoms with E-state index in [0.29, 0.717) is 11.3 Å². The first-order valence-corrected chi connectivity index (χ1v) is 14.3. The van der Waals surface area contributed by atoms with E-state index in [1.165, 1.54) is 47.5 Å². The van der Waals surface area contributed by atoms with Gasteiger partial charge in [-0.25, -0.2) is 9.96 Å². The van der Waals surface area contributed by atoms with Crippen LogP contribution in [0.4, 0.5) is 17.1 Å². The quantitative estimate of drug-likeness (QED) is 0.131. The molecule has 0 N–H and O–H groups in total. The van der Waals surface area contributed by atoms with Crippen molar-refractivity contribution in [1.82, 2.24) is 0 Å². The van der Waals surface area contributed by atoms with Gasteiger partial charge in [-0.1, -0.05) is 54.1 Å². The minimum Gasteiger partial charge on any atom is -0.379 e. The molecule has 0 radical (unpaired) electrons. The average Bonchev–Trinajstić information content (AvgIpc) is 3.50. The Morgan fingerprint density at radius 1 is 0.833 bits per heavy atom. The maximum absolute atomic E-state index is 13.8. The highest BCUT2D eigenvalue weighted by Crippen LogP contribution is 2.48. The van der Waals surface area contributed by atoms with E-state index in [0.717, 1.165) is 10.5 Å². The Balaban J connectivity index is 1.37. The number of imide groups is 1. The number of anilines is 2. The molecule has 0 aromatic heterocycles. The van der Waals surface area contributed by atoms with Crippen molar-refractivity contribution in [2.24, 2.45) is 5.92 Å². The zero-order valence-corrected chi connectivity index (χ0v) is 22.9. The molecule has 42 heavy (non-hydrogen) atoms. The Hall–Kier alpha value is -5.07. The predicted molar refractivity (Wildman–Crippen MR) is 151 cm³/mol. The minimum absolute atomic E-state index is 0.00998. The average molecular weight is 586 g/mol. The molecule has 0 bridgehead atoms. The van der Waals surface area contributed by atoms with Gasteiger partial charge >= 0.3 is 10.1 Å². The second-order valence-electron chi connectivity index (χ2n) is 9.87. The molecule has 2 aliphatic heterocycles. The molecule has 2 saturated heterocycles. The van der Waals surface area contributed by atoms with Crippen LogP contribution in [0.25, 0.3) is 0 Å². The van der Waals surface area contributed by atoms with Gasteiger partial charge in [0.15, 0.2) is 6.10 Å². The number of hydroxylamine groups is 1. The largest absolute Gasteiger partial charge is 0.379 e. The molecule has 6 rings (SSSR count). The van der Waals surface area contributed by atoms with Crippen LogP contribution >= 0.6 is 0 Å². The summed E-state index contributed by atoms with van der Waals surface area (Å²) in [7, 11) is -4.09. The zero-order chi connectivity index (χ0) is 29.6. The number of aryl methyl sites for hydroxylation is 1. The fourth-order valence-electron chi connectivity index (χ4n) is 5.15. The first-order valence-electron chi connectivity index (χ1n) is 12.9. The fourth-order valence-corrected chi connectivity index (χ4v) is 6.10. The molecule has 2 amide bonds. The second-order valence-corrected chi connectivity index (χ2v) is 11.4. The number of hydrogen-bond donors (Lipinski definition) is 0. The van der Waals surface area contributed by atoms with Crippen LogP contribution in [0.2, 0.25) is 0 Å². The molecule has 11 nitrogen and oxygen atoms in total. The number of nitro groups is 1. The summed E-state index contributed by atoms with van der Waals surface area (Å²) in [5.74, 6) is -1.99. The van der Waals surface area contributed by atoms with Gasteiger partial charge in [0.25, 0.3) is 11.6 Å². The van der Waals surface area contributed by atoms with E-state index in [2.05, 4.69) is 0 Å². The van der Waals surface area contributed by atoms with Crippen molar-refractivity contribution in [3.8, 4) is 5.75 Å². The van der Waals surface area contributed by atoms with Crippen molar-refractivity contribution in [3.05, 3.63) is 124 Å². The van der Waals surface area contributed by atoms with Gasteiger partial charge in [-0.05, 0) is 55.0 Å². The van der Waals surface area contributed by atoms with Crippen molar-refractivity contribution in [3.63, 3.8) is 0 Å². The summed E-state index contributed by atoms with van der Waals surface area (Å²) >= 11 is 0. The van der Waals surface area contributed by atoms with Gasteiger partial charge in [0.1, 0.15) is 16.6 Å². The maximum Gasteiger partial charge on any atom is 0.339 e. The van der Waals surface area contributed by atoms with E-state index in [1.807, 2.05) is 6.92 Å². The molecule has 0 saturated carbocycles. The van der Waals surface area contributed by atoms with Crippen LogP contribution < -0.4 is 14.1 Å². The molecule has 0 spiro atoms. The number of carbonyl (C=O) groups excluding carboxylic acids is 2. The van der Waals surface area contributed by atoms with E-state index in [4.69, 9.17) is 9.02 Å². The molecule has 2 heterocycles. The Bertz CT molecular complexity index is 1790. The third kappa shape index (κ3) is 4.76. The Morgan fingerprint density at radius 2 is 1.52 bits per heavy atom. The summed E-state index contributed by atoms with van der Waals surface area (Å²) in [6.07, 6.45) is -1.18. The summed E-state index contributed by atoms with van der Waals surface area (Å²) in [4.78, 5) is 45.4. The normalized spacial score (nSPS) is 20.1. The molecule has 0 aliphatic carbocycles. The minimum atomic E-state index is -4.09. The number of rotatable bonds is 7. The van der Waals surface area contributed by atoms with Crippen molar-refractivity contribution in [2.75, 3.05) is 9.96 Å². The van der Waals surface area contributed by atoms with Crippen LogP contribution in [-0.2, 0) is 24.5 Å². The fraction of sp³-hybridized carbons (Fsp3) is 0.133. The molecular formula is C30H23N3O8S. The third-order valence-corrected chi connectivity index (χ3v) is 8.42. The van der Waals surface area contributed by atoms with Gasteiger partial charge in [-0.2, -0.15) is 8.42 Å². The highest BCUT2D eigenvalue weighted by Gasteiger charge is 2.60. The first kappa shape index (κ1) is 27.1. The summed E-state index contributed by atoms with van der Waals surface area (Å²) in [5, 5.41) is 12.8. The van der Waals surface area contributed by atoms with Crippen LogP contribution in [0.3, 0.4) is 0 Å². The van der Waals surface area contributed by atoms with Gasteiger partial charge < -0.3 is 4.18 Å². The van der Waals surface area contributed by atoms with E-state index < -0.39 is 44.9 Å². The summed E-state index contributed by atoms with van der Waals surface area (Å²) < 4.78 is 30.7. The van der Waals surface area contributed by atoms with Crippen molar-refractivity contribution in [2.45, 2.75) is 24.0 Å². The van der Waals surface area contributed by atoms with E-state index >= 15 is 0 Å². The lowest BCUT2D eigenvalue weighted by Crippen LogP contribution is -2.37. The zero-order valence-electron chi connectivity index (χ0n) is 22.1. The van der Waals surface area contributed by atoms with Crippen LogP contribution in [0.5, 0.6) is 5.75 Å². The van der Waals surface area contributed by atoms with Crippen molar-refractivity contribution in [1.29, 1.82) is 0 Å². The lowest BCUT2D eigenvalue weighted by atomic mass is 9.90. The molecule has 2 aliphatic rings. The Kier molecular flexibility index (Phi) is 6.71. The SMILES string of the molecule is Cc1ccc(N2C(=O)C3ON(c4cccc([N+](=O)[O-])c4)C(c4ccc(OS(=O)(=O)c5ccccc5)cc4)C3C2=O)cc1. The molecule has 3 atom stereocenters. The van der Waals surface area contributed by atoms with Crippen LogP contribution in [0.15, 0.2) is 108 Å². The topological polar surface area (TPSA) is 136 Å². The number of benzene rings is 4. The number of nitro benzene ring substituents is 1. The molecule has 212 valence electrons. The van der Waals surface area contributed by atoms with Gasteiger partial charge in [0.2, 0.25) is 5.91 Å². The highest BCUT2D eigenvalue weighted by atomic mass is 32.2. The van der Waals surface area contributed by atoms with Gasteiger partial charge in [-0.15, -0.1) is 0 Å². The third-order valence-electron chi connectivity index (χ3n) is 7.16. The molecule has 3 unspecified atom stereocenters. The molecule has 12 heteroatoms. The molecule has 4 aromatic rings. The second kappa shape index (κ2) is 10.4. The van der Waals surface area contributed by atoms with Crippen molar-refractivity contribution >= 4 is 39.0 Å². The summed E-state index contributed by atoms with van der Waals surface area (Å²) in [5.41, 5.74) is 1.95. The van der Waals surface area contributed by atoms with E-state index in [1.54, 1.807) is 60.7 Å². The number of non-ortho nitro benzene ring substituents is 1. The number of amides is 2. The standard InChI is InChI=1S/C30H23N3O8S/c1-19-10-14-21(15-11-19)31-29(34)26-27(32(40-28(26)30(31)35)22-6-5-7-23(18-22)33(36)37)20-12-16-24(17-13-20)41-42(38,39)25-8-3-2-4-9-25/h2-18,26-28H,1H3. The lowest BCUT2D eigenvalue weighted by molar-refractivity contribution is -0.384. The molecular weight excluding hydrogens is 562 g/mol. The van der Waals surface area contributed by atoms with Crippen LogP contribution in [-0.4, -0.2) is 31.3 Å². The number of nitrogens with zero attached hydrogens (tertiary/aromatic N) is 3. The van der Waals surface area contributed by atoms with Crippen LogP contribution in [0.1, 0.15) is 17.2 Å². The van der Waals surface area contributed by atoms with Gasteiger partial charge in [0, 0.05) is 12.1 Å². The first-order chi connectivity index (χ1) is 20.1. The molecule has 2 fully saturated rings. The molecule has 4 aromatic carbocycles. The summed E-state index contributed by atoms with van der Waals surface area (Å²) in [6, 6.07) is 25.5. The number of carbonyl (C=O) groups is 2. The lowest BCUT2D eigenvalue weighted by Gasteiger charge is -2.28. The van der Waals surface area contributed by atoms with E-state index in [-0.39, 0.29) is 22.0 Å². The Labute approximate surface area is 240 Å².